The number of amides is 2. The first-order chi connectivity index (χ1) is 10.3. The molecule has 0 saturated heterocycles. The van der Waals surface area contributed by atoms with E-state index in [-0.39, 0.29) is 11.7 Å². The van der Waals surface area contributed by atoms with Crippen molar-refractivity contribution in [3.8, 4) is 0 Å². The lowest BCUT2D eigenvalue weighted by molar-refractivity contribution is -0.137. The highest BCUT2D eigenvalue weighted by Gasteiger charge is 2.30. The molecule has 1 aromatic carbocycles. The highest BCUT2D eigenvalue weighted by atomic mass is 32.1. The summed E-state index contributed by atoms with van der Waals surface area (Å²) in [6.45, 7) is 1.84. The number of hydrogen-bond donors (Lipinski definition) is 2. The molecular weight excluding hydrogens is 313 g/mol. The summed E-state index contributed by atoms with van der Waals surface area (Å²) >= 11 is 1.59. The van der Waals surface area contributed by atoms with Gasteiger partial charge in [-0.1, -0.05) is 12.1 Å². The maximum absolute atomic E-state index is 12.6. The molecule has 7 heteroatoms. The molecule has 0 saturated carbocycles. The average molecular weight is 328 g/mol. The molecule has 1 heterocycles. The maximum atomic E-state index is 12.6. The van der Waals surface area contributed by atoms with E-state index in [4.69, 9.17) is 0 Å². The number of anilines is 1. The monoisotopic (exact) mass is 328 g/mol. The van der Waals surface area contributed by atoms with Crippen molar-refractivity contribution >= 4 is 23.1 Å². The summed E-state index contributed by atoms with van der Waals surface area (Å²) in [7, 11) is 0. The number of thiophene rings is 1. The highest BCUT2D eigenvalue weighted by Crippen LogP contribution is 2.30. The first kappa shape index (κ1) is 16.4. The molecule has 0 aliphatic carbocycles. The van der Waals surface area contributed by atoms with Crippen LogP contribution in [0.15, 0.2) is 41.8 Å². The Kier molecular flexibility index (Phi) is 5.07. The lowest BCUT2D eigenvalue weighted by Gasteiger charge is -2.14. The summed E-state index contributed by atoms with van der Waals surface area (Å²) < 4.78 is 37.8. The fourth-order valence-electron chi connectivity index (χ4n) is 1.95. The number of carbonyl (C=O) groups is 1. The van der Waals surface area contributed by atoms with E-state index < -0.39 is 17.8 Å². The van der Waals surface area contributed by atoms with Crippen LogP contribution in [0.5, 0.6) is 0 Å². The van der Waals surface area contributed by atoms with Gasteiger partial charge < -0.3 is 10.6 Å². The third kappa shape index (κ3) is 4.77. The van der Waals surface area contributed by atoms with Gasteiger partial charge in [-0.3, -0.25) is 0 Å². The van der Waals surface area contributed by atoms with Crippen LogP contribution in [0, 0.1) is 0 Å². The summed E-state index contributed by atoms with van der Waals surface area (Å²) in [5.41, 5.74) is -0.687. The first-order valence-electron chi connectivity index (χ1n) is 6.62. The second-order valence-electron chi connectivity index (χ2n) is 4.86. The molecule has 2 rings (SSSR count). The number of urea groups is 1. The quantitative estimate of drug-likeness (QED) is 0.851. The molecule has 0 bridgehead atoms. The van der Waals surface area contributed by atoms with Gasteiger partial charge in [-0.2, -0.15) is 13.2 Å². The van der Waals surface area contributed by atoms with Gasteiger partial charge in [0.15, 0.2) is 0 Å². The molecule has 2 amide bonds. The lowest BCUT2D eigenvalue weighted by Crippen LogP contribution is -2.37. The molecule has 0 radical (unpaired) electrons. The van der Waals surface area contributed by atoms with Crippen molar-refractivity contribution in [1.29, 1.82) is 0 Å². The van der Waals surface area contributed by atoms with Gasteiger partial charge in [0.1, 0.15) is 0 Å². The van der Waals surface area contributed by atoms with Gasteiger partial charge in [-0.15, -0.1) is 11.3 Å². The number of carbonyl (C=O) groups excluding carboxylic acids is 1. The number of hydrogen-bond acceptors (Lipinski definition) is 2. The predicted molar refractivity (Wildman–Crippen MR) is 81.1 cm³/mol. The third-order valence-corrected chi connectivity index (χ3v) is 3.81. The minimum absolute atomic E-state index is 0.107. The zero-order valence-corrected chi connectivity index (χ0v) is 12.6. The van der Waals surface area contributed by atoms with Gasteiger partial charge >= 0.3 is 12.2 Å². The van der Waals surface area contributed by atoms with Crippen LogP contribution in [0.25, 0.3) is 0 Å². The molecule has 2 aromatic rings. The molecule has 0 fully saturated rings. The summed E-state index contributed by atoms with van der Waals surface area (Å²) in [5.74, 6) is 0. The summed E-state index contributed by atoms with van der Waals surface area (Å²) in [6, 6.07) is 7.79. The summed E-state index contributed by atoms with van der Waals surface area (Å²) in [6.07, 6.45) is -3.76. The summed E-state index contributed by atoms with van der Waals surface area (Å²) in [4.78, 5) is 12.9. The molecule has 1 unspecified atom stereocenters. The smallest absolute Gasteiger partial charge is 0.335 e. The Bertz CT molecular complexity index is 626. The lowest BCUT2D eigenvalue weighted by atomic mass is 10.2. The Balaban J connectivity index is 1.91. The normalized spacial score (nSPS) is 12.7. The largest absolute Gasteiger partial charge is 0.416 e. The Labute approximate surface area is 130 Å². The Morgan fingerprint density at radius 3 is 2.68 bits per heavy atom. The number of alkyl halides is 3. The van der Waals surface area contributed by atoms with Crippen molar-refractivity contribution in [3.05, 3.63) is 52.2 Å². The van der Waals surface area contributed by atoms with E-state index in [9.17, 15) is 18.0 Å². The van der Waals surface area contributed by atoms with E-state index in [1.54, 1.807) is 11.3 Å². The minimum Gasteiger partial charge on any atom is -0.335 e. The number of rotatable bonds is 4. The van der Waals surface area contributed by atoms with Gasteiger partial charge in [-0.05, 0) is 36.6 Å². The van der Waals surface area contributed by atoms with E-state index in [1.807, 2.05) is 24.4 Å². The van der Waals surface area contributed by atoms with Gasteiger partial charge in [0.25, 0.3) is 0 Å². The number of halogens is 3. The van der Waals surface area contributed by atoms with E-state index in [0.717, 1.165) is 17.0 Å². The maximum Gasteiger partial charge on any atom is 0.416 e. The van der Waals surface area contributed by atoms with Crippen LogP contribution in [-0.4, -0.2) is 12.1 Å². The van der Waals surface area contributed by atoms with Crippen LogP contribution in [0.3, 0.4) is 0 Å². The van der Waals surface area contributed by atoms with Crippen molar-refractivity contribution in [2.75, 3.05) is 5.32 Å². The molecule has 3 nitrogen and oxygen atoms in total. The summed E-state index contributed by atoms with van der Waals surface area (Å²) in [5, 5.41) is 7.07. The predicted octanol–water partition coefficient (Wildman–Crippen LogP) is 4.52. The van der Waals surface area contributed by atoms with Gasteiger partial charge in [0.2, 0.25) is 0 Å². The van der Waals surface area contributed by atoms with Crippen molar-refractivity contribution in [2.24, 2.45) is 0 Å². The number of nitrogens with one attached hydrogen (secondary N) is 2. The highest BCUT2D eigenvalue weighted by molar-refractivity contribution is 7.09. The van der Waals surface area contributed by atoms with Crippen molar-refractivity contribution in [3.63, 3.8) is 0 Å². The SMILES string of the molecule is CC(Cc1cccs1)NC(=O)Nc1cccc(C(F)(F)F)c1. The van der Waals surface area contributed by atoms with E-state index in [0.29, 0.717) is 6.42 Å². The van der Waals surface area contributed by atoms with E-state index >= 15 is 0 Å². The van der Waals surface area contributed by atoms with Crippen molar-refractivity contribution in [1.82, 2.24) is 5.32 Å². The van der Waals surface area contributed by atoms with Crippen LogP contribution in [0.4, 0.5) is 23.7 Å². The molecule has 1 aromatic heterocycles. The van der Waals surface area contributed by atoms with Crippen LogP contribution in [-0.2, 0) is 12.6 Å². The van der Waals surface area contributed by atoms with Crippen LogP contribution in [0.1, 0.15) is 17.4 Å². The van der Waals surface area contributed by atoms with Gasteiger partial charge in [0, 0.05) is 23.0 Å². The van der Waals surface area contributed by atoms with Crippen molar-refractivity contribution in [2.45, 2.75) is 25.6 Å². The molecule has 0 spiro atoms. The second-order valence-corrected chi connectivity index (χ2v) is 5.89. The van der Waals surface area contributed by atoms with E-state index in [2.05, 4.69) is 10.6 Å². The first-order valence-corrected chi connectivity index (χ1v) is 7.50. The second kappa shape index (κ2) is 6.83. The molecular formula is C15H15F3N2OS. The van der Waals surface area contributed by atoms with Crippen molar-refractivity contribution < 1.29 is 18.0 Å². The van der Waals surface area contributed by atoms with E-state index in [1.165, 1.54) is 12.1 Å². The zero-order valence-electron chi connectivity index (χ0n) is 11.8. The Morgan fingerprint density at radius 2 is 2.05 bits per heavy atom. The van der Waals surface area contributed by atoms with Gasteiger partial charge in [-0.25, -0.2) is 4.79 Å². The number of benzene rings is 1. The van der Waals surface area contributed by atoms with Crippen LogP contribution >= 0.6 is 11.3 Å². The van der Waals surface area contributed by atoms with Crippen LogP contribution in [0.2, 0.25) is 0 Å². The fraction of sp³-hybridized carbons (Fsp3) is 0.267. The fourth-order valence-corrected chi connectivity index (χ4v) is 2.78. The average Bonchev–Trinajstić information content (AvgIpc) is 2.90. The molecule has 118 valence electrons. The molecule has 2 N–H and O–H groups in total. The third-order valence-electron chi connectivity index (χ3n) is 2.91. The van der Waals surface area contributed by atoms with Crippen LogP contribution < -0.4 is 10.6 Å². The molecule has 1 atom stereocenters. The topological polar surface area (TPSA) is 41.1 Å². The van der Waals surface area contributed by atoms with Gasteiger partial charge in [0.05, 0.1) is 5.56 Å². The Morgan fingerprint density at radius 1 is 1.27 bits per heavy atom. The molecule has 22 heavy (non-hydrogen) atoms. The molecule has 0 aliphatic heterocycles. The standard InChI is InChI=1S/C15H15F3N2OS/c1-10(8-13-6-3-7-22-13)19-14(21)20-12-5-2-4-11(9-12)15(16,17)18/h2-7,9-10H,8H2,1H3,(H2,19,20,21). The zero-order chi connectivity index (χ0) is 16.2. The minimum atomic E-state index is -4.43. The molecule has 0 aliphatic rings. The Hall–Kier alpha value is -2.02.